The number of thiazole rings is 1. The van der Waals surface area contributed by atoms with Crippen molar-refractivity contribution in [3.63, 3.8) is 0 Å². The summed E-state index contributed by atoms with van der Waals surface area (Å²) in [6, 6.07) is 5.85. The molecule has 0 unspecified atom stereocenters. The molecule has 3 N–H and O–H groups in total. The monoisotopic (exact) mass is 245 g/mol. The normalized spacial score (nSPS) is 10.9. The van der Waals surface area contributed by atoms with E-state index in [4.69, 9.17) is 5.73 Å². The van der Waals surface area contributed by atoms with Crippen molar-refractivity contribution in [3.8, 4) is 0 Å². The summed E-state index contributed by atoms with van der Waals surface area (Å²) in [5.74, 6) is 0.772. The molecular formula is C11H11N5S. The Labute approximate surface area is 102 Å². The van der Waals surface area contributed by atoms with Crippen LogP contribution in [-0.2, 0) is 7.05 Å². The van der Waals surface area contributed by atoms with E-state index in [-0.39, 0.29) is 0 Å². The average molecular weight is 245 g/mol. The van der Waals surface area contributed by atoms with Gasteiger partial charge in [0.05, 0.1) is 21.6 Å². The molecule has 1 aromatic carbocycles. The van der Waals surface area contributed by atoms with Crippen LogP contribution in [0.4, 0.5) is 17.2 Å². The number of nitrogens with two attached hydrogens (primary N) is 1. The van der Waals surface area contributed by atoms with Gasteiger partial charge in [-0.1, -0.05) is 0 Å². The molecule has 0 fully saturated rings. The van der Waals surface area contributed by atoms with Gasteiger partial charge >= 0.3 is 0 Å². The molecule has 3 aromatic rings. The zero-order valence-electron chi connectivity index (χ0n) is 9.21. The highest BCUT2D eigenvalue weighted by atomic mass is 32.1. The van der Waals surface area contributed by atoms with Gasteiger partial charge in [-0.3, -0.25) is 4.68 Å². The smallest absolute Gasteiger partial charge is 0.152 e. The van der Waals surface area contributed by atoms with Gasteiger partial charge in [-0.2, -0.15) is 5.10 Å². The van der Waals surface area contributed by atoms with Crippen LogP contribution in [0.25, 0.3) is 10.2 Å². The molecule has 0 atom stereocenters. The van der Waals surface area contributed by atoms with Gasteiger partial charge in [0.25, 0.3) is 0 Å². The molecule has 0 aliphatic rings. The van der Waals surface area contributed by atoms with E-state index in [2.05, 4.69) is 15.4 Å². The Morgan fingerprint density at radius 1 is 1.35 bits per heavy atom. The quantitative estimate of drug-likeness (QED) is 0.680. The summed E-state index contributed by atoms with van der Waals surface area (Å²) in [5, 5.41) is 7.43. The maximum atomic E-state index is 6.07. The van der Waals surface area contributed by atoms with E-state index in [1.165, 1.54) is 0 Å². The van der Waals surface area contributed by atoms with E-state index in [0.717, 1.165) is 21.7 Å². The topological polar surface area (TPSA) is 68.8 Å². The van der Waals surface area contributed by atoms with Crippen molar-refractivity contribution in [1.29, 1.82) is 0 Å². The fourth-order valence-electron chi connectivity index (χ4n) is 1.68. The lowest BCUT2D eigenvalue weighted by molar-refractivity contribution is 0.771. The lowest BCUT2D eigenvalue weighted by atomic mass is 10.2. The minimum absolute atomic E-state index is 0.661. The second kappa shape index (κ2) is 3.74. The first-order chi connectivity index (χ1) is 8.24. The Bertz CT molecular complexity index is 669. The first-order valence-corrected chi connectivity index (χ1v) is 6.00. The van der Waals surface area contributed by atoms with Gasteiger partial charge in [0, 0.05) is 19.3 Å². The van der Waals surface area contributed by atoms with E-state index in [1.807, 2.05) is 31.4 Å². The number of anilines is 3. The maximum absolute atomic E-state index is 6.07. The lowest BCUT2D eigenvalue weighted by Gasteiger charge is -2.06. The van der Waals surface area contributed by atoms with Gasteiger partial charge in [0.2, 0.25) is 0 Å². The number of nitrogens with one attached hydrogen (secondary N) is 1. The molecule has 2 heterocycles. The van der Waals surface area contributed by atoms with Crippen molar-refractivity contribution in [2.24, 2.45) is 7.05 Å². The number of benzene rings is 1. The van der Waals surface area contributed by atoms with E-state index < -0.39 is 0 Å². The highest BCUT2D eigenvalue weighted by Gasteiger charge is 2.07. The Kier molecular flexibility index (Phi) is 2.22. The van der Waals surface area contributed by atoms with Crippen LogP contribution in [0.3, 0.4) is 0 Å². The fraction of sp³-hybridized carbons (Fsp3) is 0.0909. The van der Waals surface area contributed by atoms with Crippen molar-refractivity contribution < 1.29 is 0 Å². The predicted molar refractivity (Wildman–Crippen MR) is 70.5 cm³/mol. The highest BCUT2D eigenvalue weighted by molar-refractivity contribution is 7.16. The van der Waals surface area contributed by atoms with Crippen LogP contribution in [-0.4, -0.2) is 14.8 Å². The van der Waals surface area contributed by atoms with E-state index >= 15 is 0 Å². The van der Waals surface area contributed by atoms with E-state index in [9.17, 15) is 0 Å². The van der Waals surface area contributed by atoms with Gasteiger partial charge in [-0.25, -0.2) is 4.98 Å². The second-order valence-corrected chi connectivity index (χ2v) is 4.61. The first kappa shape index (κ1) is 10.1. The minimum atomic E-state index is 0.661. The average Bonchev–Trinajstić information content (AvgIpc) is 2.92. The third kappa shape index (κ3) is 1.72. The van der Waals surface area contributed by atoms with Crippen molar-refractivity contribution in [2.45, 2.75) is 0 Å². The number of hydrogen-bond acceptors (Lipinski definition) is 5. The molecule has 0 radical (unpaired) electrons. The van der Waals surface area contributed by atoms with Crippen LogP contribution in [0.1, 0.15) is 0 Å². The first-order valence-electron chi connectivity index (χ1n) is 5.12. The molecule has 0 spiro atoms. The van der Waals surface area contributed by atoms with Crippen LogP contribution in [0.5, 0.6) is 0 Å². The summed E-state index contributed by atoms with van der Waals surface area (Å²) in [5.41, 5.74) is 10.2. The Morgan fingerprint density at radius 3 is 3.00 bits per heavy atom. The van der Waals surface area contributed by atoms with Gasteiger partial charge < -0.3 is 11.1 Å². The molecular weight excluding hydrogens is 234 g/mol. The van der Waals surface area contributed by atoms with Crippen molar-refractivity contribution in [3.05, 3.63) is 29.9 Å². The molecule has 5 nitrogen and oxygen atoms in total. The zero-order chi connectivity index (χ0) is 11.8. The van der Waals surface area contributed by atoms with Gasteiger partial charge in [0.1, 0.15) is 5.52 Å². The number of rotatable bonds is 2. The van der Waals surface area contributed by atoms with Crippen LogP contribution in [0, 0.1) is 0 Å². The van der Waals surface area contributed by atoms with Gasteiger partial charge in [-0.05, 0) is 12.1 Å². The number of nitrogens with zero attached hydrogens (tertiary/aromatic N) is 3. The fourth-order valence-corrected chi connectivity index (χ4v) is 2.37. The predicted octanol–water partition coefficient (Wildman–Crippen LogP) is 2.36. The SMILES string of the molecule is Cn1ccc(Nc2ccc3scnc3c2N)n1. The van der Waals surface area contributed by atoms with Crippen molar-refractivity contribution in [2.75, 3.05) is 11.1 Å². The van der Waals surface area contributed by atoms with Crippen LogP contribution < -0.4 is 11.1 Å². The molecule has 17 heavy (non-hydrogen) atoms. The Hall–Kier alpha value is -2.08. The molecule has 0 bridgehead atoms. The number of aryl methyl sites for hydroxylation is 1. The number of nitrogen functional groups attached to an aromatic ring is 1. The molecule has 0 aliphatic carbocycles. The Balaban J connectivity index is 2.02. The van der Waals surface area contributed by atoms with Crippen LogP contribution in [0.15, 0.2) is 29.9 Å². The van der Waals surface area contributed by atoms with E-state index in [0.29, 0.717) is 5.69 Å². The van der Waals surface area contributed by atoms with Crippen LogP contribution in [0.2, 0.25) is 0 Å². The zero-order valence-corrected chi connectivity index (χ0v) is 10.0. The third-order valence-electron chi connectivity index (χ3n) is 2.52. The van der Waals surface area contributed by atoms with Crippen molar-refractivity contribution >= 4 is 38.7 Å². The molecule has 2 aromatic heterocycles. The summed E-state index contributed by atoms with van der Waals surface area (Å²) >= 11 is 1.58. The molecule has 86 valence electrons. The maximum Gasteiger partial charge on any atom is 0.152 e. The third-order valence-corrected chi connectivity index (χ3v) is 3.31. The number of hydrogen-bond donors (Lipinski definition) is 2. The summed E-state index contributed by atoms with van der Waals surface area (Å²) in [6.45, 7) is 0. The van der Waals surface area contributed by atoms with E-state index in [1.54, 1.807) is 21.5 Å². The van der Waals surface area contributed by atoms with Crippen molar-refractivity contribution in [1.82, 2.24) is 14.8 Å². The second-order valence-electron chi connectivity index (χ2n) is 3.73. The summed E-state index contributed by atoms with van der Waals surface area (Å²) in [4.78, 5) is 4.25. The molecule has 6 heteroatoms. The summed E-state index contributed by atoms with van der Waals surface area (Å²) < 4.78 is 2.83. The van der Waals surface area contributed by atoms with Crippen LogP contribution >= 0.6 is 11.3 Å². The Morgan fingerprint density at radius 2 is 2.24 bits per heavy atom. The molecule has 0 saturated carbocycles. The lowest BCUT2D eigenvalue weighted by Crippen LogP contribution is -1.98. The molecule has 0 amide bonds. The van der Waals surface area contributed by atoms with Gasteiger partial charge in [0.15, 0.2) is 5.82 Å². The van der Waals surface area contributed by atoms with Gasteiger partial charge in [-0.15, -0.1) is 11.3 Å². The molecule has 0 saturated heterocycles. The standard InChI is InChI=1S/C11H11N5S/c1-16-5-4-9(15-16)14-7-2-3-8-11(10(7)12)13-6-17-8/h2-6H,12H2,1H3,(H,14,15). The molecule has 3 rings (SSSR count). The number of aromatic nitrogens is 3. The summed E-state index contributed by atoms with van der Waals surface area (Å²) in [7, 11) is 1.87. The highest BCUT2D eigenvalue weighted by Crippen LogP contribution is 2.31. The number of fused-ring (bicyclic) bond motifs is 1. The molecule has 0 aliphatic heterocycles. The largest absolute Gasteiger partial charge is 0.395 e. The minimum Gasteiger partial charge on any atom is -0.395 e. The summed E-state index contributed by atoms with van der Waals surface area (Å²) in [6.07, 6.45) is 1.87.